The minimum atomic E-state index is -0.0975. The SMILES string of the molecule is Cc1ccc2c(N)c(C(=O)NCCc3ccc(N4CCCCC4)c4c3CCC4)sc2n1. The molecule has 0 bridgehead atoms. The molecular weight excluding hydrogens is 404 g/mol. The number of aryl methyl sites for hydroxylation is 1. The predicted octanol–water partition coefficient (Wildman–Crippen LogP) is 4.64. The molecule has 5 nitrogen and oxygen atoms in total. The first kappa shape index (κ1) is 20.3. The predicted molar refractivity (Wildman–Crippen MR) is 129 cm³/mol. The Labute approximate surface area is 187 Å². The molecule has 3 heterocycles. The molecule has 1 saturated heterocycles. The number of anilines is 2. The number of pyridine rings is 1. The number of carbonyl (C=O) groups excluding carboxylic acids is 1. The van der Waals surface area contributed by atoms with E-state index in [9.17, 15) is 4.79 Å². The van der Waals surface area contributed by atoms with Crippen LogP contribution in [0.4, 0.5) is 11.4 Å². The molecule has 31 heavy (non-hydrogen) atoms. The average Bonchev–Trinajstić information content (AvgIpc) is 3.39. The van der Waals surface area contributed by atoms with Crippen molar-refractivity contribution in [3.8, 4) is 0 Å². The lowest BCUT2D eigenvalue weighted by Crippen LogP contribution is -2.30. The molecule has 0 radical (unpaired) electrons. The van der Waals surface area contributed by atoms with Crippen molar-refractivity contribution in [1.82, 2.24) is 10.3 Å². The van der Waals surface area contributed by atoms with E-state index in [0.29, 0.717) is 17.1 Å². The molecule has 1 amide bonds. The fraction of sp³-hybridized carbons (Fsp3) is 0.440. The van der Waals surface area contributed by atoms with Gasteiger partial charge in [-0.3, -0.25) is 4.79 Å². The van der Waals surface area contributed by atoms with Crippen molar-refractivity contribution >= 4 is 38.8 Å². The summed E-state index contributed by atoms with van der Waals surface area (Å²) in [6, 6.07) is 8.50. The fourth-order valence-corrected chi connectivity index (χ4v) is 6.13. The Hall–Kier alpha value is -2.60. The number of fused-ring (bicyclic) bond motifs is 2. The minimum Gasteiger partial charge on any atom is -0.397 e. The second-order valence-corrected chi connectivity index (χ2v) is 9.76. The van der Waals surface area contributed by atoms with Gasteiger partial charge in [0.15, 0.2) is 0 Å². The van der Waals surface area contributed by atoms with E-state index in [4.69, 9.17) is 5.73 Å². The van der Waals surface area contributed by atoms with Gasteiger partial charge in [0.1, 0.15) is 9.71 Å². The normalized spacial score (nSPS) is 16.0. The topological polar surface area (TPSA) is 71.2 Å². The number of nitrogens with one attached hydrogen (secondary N) is 1. The molecule has 0 spiro atoms. The Morgan fingerprint density at radius 3 is 2.74 bits per heavy atom. The van der Waals surface area contributed by atoms with Gasteiger partial charge in [0.2, 0.25) is 0 Å². The third-order valence-electron chi connectivity index (χ3n) is 6.67. The van der Waals surface area contributed by atoms with E-state index in [1.165, 1.54) is 73.3 Å². The Kier molecular flexibility index (Phi) is 5.57. The van der Waals surface area contributed by atoms with E-state index in [2.05, 4.69) is 27.3 Å². The molecule has 0 saturated carbocycles. The molecular formula is C25H30N4OS. The van der Waals surface area contributed by atoms with Gasteiger partial charge in [-0.1, -0.05) is 6.07 Å². The van der Waals surface area contributed by atoms with Crippen LogP contribution in [0.25, 0.3) is 10.2 Å². The molecule has 3 aromatic rings. The maximum Gasteiger partial charge on any atom is 0.263 e. The number of thiophene rings is 1. The number of hydrogen-bond acceptors (Lipinski definition) is 5. The Morgan fingerprint density at radius 2 is 1.90 bits per heavy atom. The minimum absolute atomic E-state index is 0.0975. The third kappa shape index (κ3) is 3.89. The number of amides is 1. The number of piperidine rings is 1. The molecule has 1 aliphatic heterocycles. The van der Waals surface area contributed by atoms with Crippen LogP contribution in [0, 0.1) is 6.92 Å². The molecule has 162 valence electrons. The monoisotopic (exact) mass is 434 g/mol. The zero-order chi connectivity index (χ0) is 21.4. The zero-order valence-corrected chi connectivity index (χ0v) is 19.0. The molecule has 6 heteroatoms. The van der Waals surface area contributed by atoms with Crippen molar-refractivity contribution in [2.24, 2.45) is 0 Å². The smallest absolute Gasteiger partial charge is 0.263 e. The number of benzene rings is 1. The lowest BCUT2D eigenvalue weighted by Gasteiger charge is -2.31. The summed E-state index contributed by atoms with van der Waals surface area (Å²) in [4.78, 5) is 21.3. The van der Waals surface area contributed by atoms with Crippen LogP contribution in [0.2, 0.25) is 0 Å². The first-order valence-electron chi connectivity index (χ1n) is 11.4. The standard InChI is InChI=1S/C25H30N4OS/c1-16-8-10-20-22(26)23(31-25(20)28-16)24(30)27-13-12-17-9-11-21(19-7-5-6-18(17)19)29-14-3-2-4-15-29/h8-11H,2-7,12-15,26H2,1H3,(H,27,30). The van der Waals surface area contributed by atoms with Gasteiger partial charge in [0.05, 0.1) is 5.69 Å². The highest BCUT2D eigenvalue weighted by atomic mass is 32.1. The van der Waals surface area contributed by atoms with Crippen LogP contribution in [-0.2, 0) is 19.3 Å². The summed E-state index contributed by atoms with van der Waals surface area (Å²) in [6.45, 7) is 4.94. The highest BCUT2D eigenvalue weighted by Gasteiger charge is 2.23. The quantitative estimate of drug-likeness (QED) is 0.614. The van der Waals surface area contributed by atoms with Crippen LogP contribution in [0.15, 0.2) is 24.3 Å². The third-order valence-corrected chi connectivity index (χ3v) is 7.79. The van der Waals surface area contributed by atoms with Crippen LogP contribution in [0.5, 0.6) is 0 Å². The fourth-order valence-electron chi connectivity index (χ4n) is 5.08. The maximum absolute atomic E-state index is 12.8. The lowest BCUT2D eigenvalue weighted by molar-refractivity contribution is 0.0959. The number of aromatic nitrogens is 1. The number of nitrogens with two attached hydrogens (primary N) is 1. The number of carbonyl (C=O) groups is 1. The van der Waals surface area contributed by atoms with E-state index >= 15 is 0 Å². The van der Waals surface area contributed by atoms with E-state index in [1.54, 1.807) is 5.56 Å². The highest BCUT2D eigenvalue weighted by molar-refractivity contribution is 7.21. The van der Waals surface area contributed by atoms with Gasteiger partial charge >= 0.3 is 0 Å². The van der Waals surface area contributed by atoms with E-state index in [-0.39, 0.29) is 5.91 Å². The van der Waals surface area contributed by atoms with Gasteiger partial charge in [0.25, 0.3) is 5.91 Å². The summed E-state index contributed by atoms with van der Waals surface area (Å²) < 4.78 is 0. The Morgan fingerprint density at radius 1 is 1.10 bits per heavy atom. The van der Waals surface area contributed by atoms with Crippen molar-refractivity contribution in [3.05, 3.63) is 51.5 Å². The highest BCUT2D eigenvalue weighted by Crippen LogP contribution is 2.35. The summed E-state index contributed by atoms with van der Waals surface area (Å²) in [7, 11) is 0. The largest absolute Gasteiger partial charge is 0.397 e. The van der Waals surface area contributed by atoms with Gasteiger partial charge in [-0.25, -0.2) is 4.98 Å². The Bertz CT molecular complexity index is 1130. The summed E-state index contributed by atoms with van der Waals surface area (Å²) in [5.74, 6) is -0.0975. The molecule has 0 unspecified atom stereocenters. The molecule has 1 aromatic carbocycles. The van der Waals surface area contributed by atoms with Crippen molar-refractivity contribution in [2.75, 3.05) is 30.3 Å². The van der Waals surface area contributed by atoms with Gasteiger partial charge in [-0.15, -0.1) is 11.3 Å². The van der Waals surface area contributed by atoms with Gasteiger partial charge in [0, 0.05) is 36.4 Å². The number of rotatable bonds is 5. The first-order valence-corrected chi connectivity index (χ1v) is 12.3. The van der Waals surface area contributed by atoms with Crippen molar-refractivity contribution < 1.29 is 4.79 Å². The lowest BCUT2D eigenvalue weighted by atomic mass is 9.97. The van der Waals surface area contributed by atoms with Crippen molar-refractivity contribution in [2.45, 2.75) is 51.9 Å². The number of nitrogen functional groups attached to an aromatic ring is 1. The molecule has 2 aromatic heterocycles. The summed E-state index contributed by atoms with van der Waals surface area (Å²) in [6.07, 6.45) is 8.41. The molecule has 2 aliphatic rings. The first-order chi connectivity index (χ1) is 15.1. The summed E-state index contributed by atoms with van der Waals surface area (Å²) >= 11 is 1.38. The van der Waals surface area contributed by atoms with Crippen molar-refractivity contribution in [1.29, 1.82) is 0 Å². The van der Waals surface area contributed by atoms with E-state index < -0.39 is 0 Å². The molecule has 0 atom stereocenters. The Balaban J connectivity index is 1.28. The molecule has 1 aliphatic carbocycles. The summed E-state index contributed by atoms with van der Waals surface area (Å²) in [5.41, 5.74) is 13.6. The van der Waals surface area contributed by atoms with E-state index in [1.807, 2.05) is 19.1 Å². The van der Waals surface area contributed by atoms with Crippen LogP contribution in [-0.4, -0.2) is 30.5 Å². The zero-order valence-electron chi connectivity index (χ0n) is 18.2. The van der Waals surface area contributed by atoms with Gasteiger partial charge < -0.3 is 16.0 Å². The molecule has 1 fully saturated rings. The van der Waals surface area contributed by atoms with Crippen LogP contribution >= 0.6 is 11.3 Å². The average molecular weight is 435 g/mol. The second-order valence-electron chi connectivity index (χ2n) is 8.76. The van der Waals surface area contributed by atoms with Crippen LogP contribution < -0.4 is 16.0 Å². The number of hydrogen-bond donors (Lipinski definition) is 2. The van der Waals surface area contributed by atoms with Gasteiger partial charge in [-0.2, -0.15) is 0 Å². The van der Waals surface area contributed by atoms with E-state index in [0.717, 1.165) is 28.8 Å². The van der Waals surface area contributed by atoms with Gasteiger partial charge in [-0.05, 0) is 86.8 Å². The maximum atomic E-state index is 12.8. The molecule has 5 rings (SSSR count). The summed E-state index contributed by atoms with van der Waals surface area (Å²) in [5, 5.41) is 3.95. The van der Waals surface area contributed by atoms with Crippen molar-refractivity contribution in [3.63, 3.8) is 0 Å². The second kappa shape index (κ2) is 8.50. The molecule has 3 N–H and O–H groups in total. The van der Waals surface area contributed by atoms with Crippen LogP contribution in [0.3, 0.4) is 0 Å². The number of nitrogens with zero attached hydrogens (tertiary/aromatic N) is 2. The van der Waals surface area contributed by atoms with Crippen LogP contribution in [0.1, 0.15) is 57.7 Å².